The first-order valence-electron chi connectivity index (χ1n) is 2.13. The molecule has 0 bridgehead atoms. The summed E-state index contributed by atoms with van der Waals surface area (Å²) in [6.07, 6.45) is 1.28. The van der Waals surface area contributed by atoms with E-state index in [0.29, 0.717) is 0 Å². The molecule has 0 aliphatic carbocycles. The highest BCUT2D eigenvalue weighted by Gasteiger charge is 1.91. The number of halogens is 1. The predicted molar refractivity (Wildman–Crippen MR) is 30.2 cm³/mol. The first-order chi connectivity index (χ1) is 4.27. The number of hydrogen-bond acceptors (Lipinski definition) is 4. The highest BCUT2D eigenvalue weighted by Crippen LogP contribution is 1.84. The molecule has 0 atom stereocenters. The smallest absolute Gasteiger partial charge is 0.403 e. The molecule has 0 spiro atoms. The van der Waals surface area contributed by atoms with Crippen molar-refractivity contribution in [2.24, 2.45) is 4.99 Å². The zero-order valence-corrected chi connectivity index (χ0v) is 5.22. The van der Waals surface area contributed by atoms with Gasteiger partial charge >= 0.3 is 5.43 Å². The first kappa shape index (κ1) is 8.14. The van der Waals surface area contributed by atoms with Gasteiger partial charge in [-0.1, -0.05) is 0 Å². The van der Waals surface area contributed by atoms with Crippen molar-refractivity contribution in [3.8, 4) is 0 Å². The highest BCUT2D eigenvalue weighted by atomic mass is 35.5. The van der Waals surface area contributed by atoms with Crippen LogP contribution < -0.4 is 0 Å². The molecule has 0 amide bonds. The third-order valence-electron chi connectivity index (χ3n) is 0.483. The number of isocyanates is 1. The number of ether oxygens (including phenoxy) is 1. The van der Waals surface area contributed by atoms with E-state index >= 15 is 0 Å². The second kappa shape index (κ2) is 5.28. The van der Waals surface area contributed by atoms with Crippen LogP contribution in [0.15, 0.2) is 4.99 Å². The molecule has 0 aromatic rings. The van der Waals surface area contributed by atoms with E-state index in [-0.39, 0.29) is 13.2 Å². The topological polar surface area (TPSA) is 55.7 Å². The molecule has 0 heterocycles. The van der Waals surface area contributed by atoms with Crippen molar-refractivity contribution in [1.82, 2.24) is 0 Å². The fraction of sp³-hybridized carbons (Fsp3) is 0.500. The second-order valence-corrected chi connectivity index (χ2v) is 1.37. The van der Waals surface area contributed by atoms with Gasteiger partial charge in [0, 0.05) is 11.6 Å². The van der Waals surface area contributed by atoms with Crippen LogP contribution in [-0.2, 0) is 9.53 Å². The highest BCUT2D eigenvalue weighted by molar-refractivity contribution is 6.61. The Morgan fingerprint density at radius 2 is 2.44 bits per heavy atom. The Hall–Kier alpha value is -0.860. The van der Waals surface area contributed by atoms with Crippen molar-refractivity contribution >= 4 is 23.1 Å². The lowest BCUT2D eigenvalue weighted by molar-refractivity contribution is 0.177. The molecule has 4 nitrogen and oxygen atoms in total. The fourth-order valence-corrected chi connectivity index (χ4v) is 0.294. The summed E-state index contributed by atoms with van der Waals surface area (Å²) in [4.78, 5) is 22.3. The Morgan fingerprint density at radius 1 is 1.78 bits per heavy atom. The molecule has 0 aliphatic heterocycles. The van der Waals surface area contributed by atoms with E-state index in [1.807, 2.05) is 0 Å². The molecule has 0 radical (unpaired) electrons. The zero-order valence-electron chi connectivity index (χ0n) is 4.46. The molecule has 0 rings (SSSR count). The summed E-state index contributed by atoms with van der Waals surface area (Å²) in [5, 5.41) is 0. The second-order valence-electron chi connectivity index (χ2n) is 1.06. The minimum absolute atomic E-state index is 0.0254. The molecular formula is C4H4ClNO3. The number of hydrogen-bond donors (Lipinski definition) is 0. The Bertz CT molecular complexity index is 139. The van der Waals surface area contributed by atoms with Crippen molar-refractivity contribution in [3.05, 3.63) is 0 Å². The van der Waals surface area contributed by atoms with Crippen molar-refractivity contribution in [1.29, 1.82) is 0 Å². The molecule has 0 fully saturated rings. The van der Waals surface area contributed by atoms with Crippen LogP contribution in [0.1, 0.15) is 0 Å². The van der Waals surface area contributed by atoms with Crippen molar-refractivity contribution < 1.29 is 14.3 Å². The maximum absolute atomic E-state index is 9.81. The Kier molecular flexibility index (Phi) is 4.78. The van der Waals surface area contributed by atoms with E-state index in [1.165, 1.54) is 6.08 Å². The van der Waals surface area contributed by atoms with Crippen LogP contribution >= 0.6 is 11.6 Å². The minimum Gasteiger partial charge on any atom is -0.452 e. The van der Waals surface area contributed by atoms with Gasteiger partial charge in [0.1, 0.15) is 6.61 Å². The van der Waals surface area contributed by atoms with Gasteiger partial charge in [-0.3, -0.25) is 0 Å². The van der Waals surface area contributed by atoms with Crippen LogP contribution in [0.2, 0.25) is 0 Å². The standard InChI is InChI=1S/C4H4ClNO3/c5-4(8)9-2-1-6-3-7/h1-2H2. The quantitative estimate of drug-likeness (QED) is 0.257. The number of rotatable bonds is 3. The molecule has 9 heavy (non-hydrogen) atoms. The van der Waals surface area contributed by atoms with Gasteiger partial charge in [0.05, 0.1) is 6.54 Å². The number of carbonyl (C=O) groups excluding carboxylic acids is 2. The van der Waals surface area contributed by atoms with Gasteiger partial charge in [-0.05, 0) is 0 Å². The van der Waals surface area contributed by atoms with Gasteiger partial charge in [-0.15, -0.1) is 0 Å². The third-order valence-corrected chi connectivity index (χ3v) is 0.592. The lowest BCUT2D eigenvalue weighted by Gasteiger charge is -1.91. The van der Waals surface area contributed by atoms with Crippen molar-refractivity contribution in [2.45, 2.75) is 0 Å². The molecule has 0 unspecified atom stereocenters. The first-order valence-corrected chi connectivity index (χ1v) is 2.51. The summed E-state index contributed by atoms with van der Waals surface area (Å²) < 4.78 is 4.20. The van der Waals surface area contributed by atoms with E-state index in [1.54, 1.807) is 0 Å². The Labute approximate surface area is 56.5 Å². The molecule has 0 aliphatic rings. The maximum Gasteiger partial charge on any atom is 0.403 e. The number of aliphatic imine (C=N–C) groups is 1. The Balaban J connectivity index is 3.10. The molecule has 0 aromatic carbocycles. The van der Waals surface area contributed by atoms with Crippen LogP contribution in [0.3, 0.4) is 0 Å². The average Bonchev–Trinajstić information content (AvgIpc) is 1.80. The molecule has 0 aromatic heterocycles. The van der Waals surface area contributed by atoms with Gasteiger partial charge < -0.3 is 4.74 Å². The summed E-state index contributed by atoms with van der Waals surface area (Å²) in [7, 11) is 0. The summed E-state index contributed by atoms with van der Waals surface area (Å²) in [6.45, 7) is 0.138. The molecule has 0 saturated carbocycles. The van der Waals surface area contributed by atoms with Gasteiger partial charge in [0.15, 0.2) is 0 Å². The molecular weight excluding hydrogens is 146 g/mol. The van der Waals surface area contributed by atoms with Crippen LogP contribution in [0, 0.1) is 0 Å². The van der Waals surface area contributed by atoms with Gasteiger partial charge in [0.2, 0.25) is 6.08 Å². The monoisotopic (exact) mass is 149 g/mol. The lowest BCUT2D eigenvalue weighted by Crippen LogP contribution is -1.98. The normalized spacial score (nSPS) is 7.67. The summed E-state index contributed by atoms with van der Waals surface area (Å²) in [5.74, 6) is 0. The van der Waals surface area contributed by atoms with E-state index in [4.69, 9.17) is 11.6 Å². The summed E-state index contributed by atoms with van der Waals surface area (Å²) in [5.41, 5.74) is -0.893. The van der Waals surface area contributed by atoms with E-state index in [2.05, 4.69) is 9.73 Å². The van der Waals surface area contributed by atoms with Crippen molar-refractivity contribution in [3.63, 3.8) is 0 Å². The van der Waals surface area contributed by atoms with Crippen LogP contribution in [0.4, 0.5) is 4.79 Å². The minimum atomic E-state index is -0.893. The largest absolute Gasteiger partial charge is 0.452 e. The van der Waals surface area contributed by atoms with E-state index in [9.17, 15) is 9.59 Å². The molecule has 0 N–H and O–H groups in total. The third kappa shape index (κ3) is 7.14. The molecule has 5 heteroatoms. The summed E-state index contributed by atoms with van der Waals surface area (Å²) in [6, 6.07) is 0. The SMILES string of the molecule is O=C=NCCOC(=O)Cl. The average molecular weight is 150 g/mol. The Morgan fingerprint density at radius 3 is 2.89 bits per heavy atom. The van der Waals surface area contributed by atoms with Gasteiger partial charge in [-0.25, -0.2) is 14.6 Å². The van der Waals surface area contributed by atoms with Gasteiger partial charge in [0.25, 0.3) is 0 Å². The lowest BCUT2D eigenvalue weighted by atomic mass is 10.7. The maximum atomic E-state index is 9.81. The summed E-state index contributed by atoms with van der Waals surface area (Å²) >= 11 is 4.76. The number of carbonyl (C=O) groups is 1. The van der Waals surface area contributed by atoms with Crippen molar-refractivity contribution in [2.75, 3.05) is 13.2 Å². The zero-order chi connectivity index (χ0) is 7.11. The molecule has 50 valence electrons. The van der Waals surface area contributed by atoms with E-state index in [0.717, 1.165) is 0 Å². The molecule has 0 saturated heterocycles. The van der Waals surface area contributed by atoms with E-state index < -0.39 is 5.43 Å². The van der Waals surface area contributed by atoms with Crippen LogP contribution in [-0.4, -0.2) is 24.7 Å². The van der Waals surface area contributed by atoms with Crippen LogP contribution in [0.25, 0.3) is 0 Å². The van der Waals surface area contributed by atoms with Gasteiger partial charge in [-0.2, -0.15) is 0 Å². The van der Waals surface area contributed by atoms with Crippen LogP contribution in [0.5, 0.6) is 0 Å². The fourth-order valence-electron chi connectivity index (χ4n) is 0.217. The predicted octanol–water partition coefficient (Wildman–Crippen LogP) is 0.698. The number of nitrogens with zero attached hydrogens (tertiary/aromatic N) is 1.